The normalized spacial score (nSPS) is 15.8. The zero-order valence-electron chi connectivity index (χ0n) is 17.9. The fourth-order valence-electron chi connectivity index (χ4n) is 3.40. The number of rotatable bonds is 8. The van der Waals surface area contributed by atoms with Crippen LogP contribution in [-0.2, 0) is 19.4 Å². The molecule has 6 nitrogen and oxygen atoms in total. The molecule has 0 aliphatic carbocycles. The van der Waals surface area contributed by atoms with Crippen molar-refractivity contribution in [3.05, 3.63) is 24.3 Å². The van der Waals surface area contributed by atoms with E-state index in [2.05, 4.69) is 28.6 Å². The van der Waals surface area contributed by atoms with E-state index < -0.39 is 21.2 Å². The second-order valence-corrected chi connectivity index (χ2v) is 9.14. The Hall–Kier alpha value is -2.48. The average Bonchev–Trinajstić information content (AvgIpc) is 2.74. The van der Waals surface area contributed by atoms with Gasteiger partial charge in [0.2, 0.25) is 0 Å². The molecule has 0 saturated carbocycles. The molecule has 7 heteroatoms. The van der Waals surface area contributed by atoms with Gasteiger partial charge in [0.15, 0.2) is 9.84 Å². The Bertz CT molecular complexity index is 937. The van der Waals surface area contributed by atoms with Crippen LogP contribution in [0.4, 0.5) is 0 Å². The molecule has 0 bridgehead atoms. The Morgan fingerprint density at radius 2 is 1.73 bits per heavy atom. The summed E-state index contributed by atoms with van der Waals surface area (Å²) in [6.45, 7) is 7.53. The fourth-order valence-corrected chi connectivity index (χ4v) is 5.25. The number of carbonyl (C=O) groups is 1. The zero-order valence-corrected chi connectivity index (χ0v) is 18.7. The minimum Gasteiger partial charge on any atom is -0.481 e. The molecule has 1 heterocycles. The van der Waals surface area contributed by atoms with E-state index in [1.54, 1.807) is 32.9 Å². The minimum absolute atomic E-state index is 0.166. The maximum absolute atomic E-state index is 13.1. The van der Waals surface area contributed by atoms with Crippen LogP contribution in [-0.4, -0.2) is 57.9 Å². The third kappa shape index (κ3) is 6.26. The van der Waals surface area contributed by atoms with Gasteiger partial charge in [-0.2, -0.15) is 0 Å². The number of nitrogens with zero attached hydrogens (tertiary/aromatic N) is 1. The molecule has 1 aliphatic rings. The Balaban J connectivity index is 2.18. The molecule has 1 aliphatic heterocycles. The molecule has 2 rings (SSSR count). The molecule has 1 aromatic carbocycles. The lowest BCUT2D eigenvalue weighted by molar-refractivity contribution is -0.156. The summed E-state index contributed by atoms with van der Waals surface area (Å²) in [6.07, 6.45) is 0.848. The second kappa shape index (κ2) is 11.1. The van der Waals surface area contributed by atoms with Gasteiger partial charge in [0.05, 0.1) is 29.2 Å². The molecule has 0 aromatic heterocycles. The number of carbonyl (C=O) groups excluding carboxylic acids is 1. The highest BCUT2D eigenvalue weighted by Gasteiger charge is 2.46. The predicted molar refractivity (Wildman–Crippen MR) is 116 cm³/mol. The lowest BCUT2D eigenvalue weighted by Crippen LogP contribution is -2.48. The first-order valence-electron chi connectivity index (χ1n) is 10.0. The third-order valence-corrected chi connectivity index (χ3v) is 7.06. The second-order valence-electron chi connectivity index (χ2n) is 7.15. The van der Waals surface area contributed by atoms with Crippen molar-refractivity contribution < 1.29 is 22.7 Å². The maximum atomic E-state index is 13.1. The molecule has 1 aromatic rings. The number of hydrogen-bond acceptors (Lipinski definition) is 6. The van der Waals surface area contributed by atoms with Crippen LogP contribution in [0.5, 0.6) is 5.75 Å². The monoisotopic (exact) mass is 431 g/mol. The number of piperidine rings is 1. The first-order chi connectivity index (χ1) is 14.4. The summed E-state index contributed by atoms with van der Waals surface area (Å²) in [6, 6.07) is 6.23. The topological polar surface area (TPSA) is 72.9 Å². The number of ether oxygens (including phenoxy) is 2. The molecule has 30 heavy (non-hydrogen) atoms. The van der Waals surface area contributed by atoms with Crippen LogP contribution in [0.1, 0.15) is 33.6 Å². The SMILES string of the molecule is CC#CCOc1ccc(S(=O)(=O)CC2(C(=O)OCC)CCN(CC#CC)CC2)cc1. The van der Waals surface area contributed by atoms with Gasteiger partial charge in [0.1, 0.15) is 12.4 Å². The first kappa shape index (κ1) is 23.8. The average molecular weight is 432 g/mol. The molecule has 162 valence electrons. The van der Waals surface area contributed by atoms with Crippen molar-refractivity contribution in [3.8, 4) is 29.4 Å². The molecule has 0 N–H and O–H groups in total. The van der Waals surface area contributed by atoms with Crippen molar-refractivity contribution in [1.82, 2.24) is 4.90 Å². The van der Waals surface area contributed by atoms with E-state index in [1.165, 1.54) is 12.1 Å². The minimum atomic E-state index is -3.69. The summed E-state index contributed by atoms with van der Waals surface area (Å²) in [4.78, 5) is 15.1. The Labute approximate surface area is 179 Å². The highest BCUT2D eigenvalue weighted by atomic mass is 32.2. The van der Waals surface area contributed by atoms with Crippen molar-refractivity contribution in [3.63, 3.8) is 0 Å². The Morgan fingerprint density at radius 3 is 2.30 bits per heavy atom. The summed E-state index contributed by atoms with van der Waals surface area (Å²) < 4.78 is 37.0. The van der Waals surface area contributed by atoms with Crippen molar-refractivity contribution in [2.24, 2.45) is 5.41 Å². The lowest BCUT2D eigenvalue weighted by atomic mass is 9.80. The summed E-state index contributed by atoms with van der Waals surface area (Å²) in [5.74, 6) is 11.2. The van der Waals surface area contributed by atoms with Gasteiger partial charge in [-0.3, -0.25) is 9.69 Å². The summed E-state index contributed by atoms with van der Waals surface area (Å²) in [5.41, 5.74) is -1.04. The van der Waals surface area contributed by atoms with E-state index in [4.69, 9.17) is 9.47 Å². The Morgan fingerprint density at radius 1 is 1.10 bits per heavy atom. The van der Waals surface area contributed by atoms with E-state index >= 15 is 0 Å². The summed E-state index contributed by atoms with van der Waals surface area (Å²) in [5, 5.41) is 0. The first-order valence-corrected chi connectivity index (χ1v) is 11.7. The van der Waals surface area contributed by atoms with Gasteiger partial charge in [-0.15, -0.1) is 11.8 Å². The molecule has 1 fully saturated rings. The molecular weight excluding hydrogens is 402 g/mol. The zero-order chi connectivity index (χ0) is 22.0. The number of esters is 1. The van der Waals surface area contributed by atoms with Crippen LogP contribution in [0, 0.1) is 29.1 Å². The molecule has 0 amide bonds. The molecule has 0 radical (unpaired) electrons. The summed E-state index contributed by atoms with van der Waals surface area (Å²) >= 11 is 0. The third-order valence-electron chi connectivity index (χ3n) is 5.14. The van der Waals surface area contributed by atoms with Crippen molar-refractivity contribution in [1.29, 1.82) is 0 Å². The number of likely N-dealkylation sites (tertiary alicyclic amines) is 1. The lowest BCUT2D eigenvalue weighted by Gasteiger charge is -2.39. The van der Waals surface area contributed by atoms with Crippen molar-refractivity contribution in [2.45, 2.75) is 38.5 Å². The maximum Gasteiger partial charge on any atom is 0.313 e. The Kier molecular flexibility index (Phi) is 8.77. The van der Waals surface area contributed by atoms with Gasteiger partial charge in [-0.25, -0.2) is 8.42 Å². The van der Waals surface area contributed by atoms with Gasteiger partial charge in [-0.1, -0.05) is 11.8 Å². The van der Waals surface area contributed by atoms with Gasteiger partial charge < -0.3 is 9.47 Å². The molecule has 0 unspecified atom stereocenters. The highest BCUT2D eigenvalue weighted by Crippen LogP contribution is 2.36. The largest absolute Gasteiger partial charge is 0.481 e. The number of hydrogen-bond donors (Lipinski definition) is 0. The smallest absolute Gasteiger partial charge is 0.313 e. The highest BCUT2D eigenvalue weighted by molar-refractivity contribution is 7.91. The molecule has 0 spiro atoms. The van der Waals surface area contributed by atoms with Crippen LogP contribution in [0.3, 0.4) is 0 Å². The van der Waals surface area contributed by atoms with Crippen LogP contribution < -0.4 is 4.74 Å². The fraction of sp³-hybridized carbons (Fsp3) is 0.522. The van der Waals surface area contributed by atoms with Crippen LogP contribution in [0.25, 0.3) is 0 Å². The van der Waals surface area contributed by atoms with Gasteiger partial charge in [-0.05, 0) is 57.9 Å². The predicted octanol–water partition coefficient (Wildman–Crippen LogP) is 2.53. The van der Waals surface area contributed by atoms with Crippen LogP contribution >= 0.6 is 0 Å². The van der Waals surface area contributed by atoms with Gasteiger partial charge in [0.25, 0.3) is 0 Å². The number of benzene rings is 1. The van der Waals surface area contributed by atoms with Crippen molar-refractivity contribution in [2.75, 3.05) is 38.6 Å². The van der Waals surface area contributed by atoms with Gasteiger partial charge in [0, 0.05) is 13.1 Å². The molecule has 0 atom stereocenters. The van der Waals surface area contributed by atoms with E-state index in [-0.39, 0.29) is 23.9 Å². The van der Waals surface area contributed by atoms with Crippen LogP contribution in [0.15, 0.2) is 29.2 Å². The van der Waals surface area contributed by atoms with E-state index in [0.29, 0.717) is 38.2 Å². The van der Waals surface area contributed by atoms with Crippen LogP contribution in [0.2, 0.25) is 0 Å². The van der Waals surface area contributed by atoms with E-state index in [9.17, 15) is 13.2 Å². The van der Waals surface area contributed by atoms with Gasteiger partial charge >= 0.3 is 5.97 Å². The quantitative estimate of drug-likeness (QED) is 0.465. The van der Waals surface area contributed by atoms with E-state index in [1.807, 2.05) is 0 Å². The molecular formula is C23H29NO5S. The standard InChI is InChI=1S/C23H29NO5S/c1-4-7-15-24-16-13-23(14-17-24,22(25)28-6-3)19-30(26,27)21-11-9-20(10-12-21)29-18-8-5-2/h9-12H,6,13-19H2,1-3H3. The van der Waals surface area contributed by atoms with E-state index in [0.717, 1.165) is 0 Å². The molecule has 1 saturated heterocycles. The van der Waals surface area contributed by atoms with Crippen molar-refractivity contribution >= 4 is 15.8 Å². The summed E-state index contributed by atoms with van der Waals surface area (Å²) in [7, 11) is -3.69. The number of sulfone groups is 1.